The summed E-state index contributed by atoms with van der Waals surface area (Å²) < 4.78 is 47.1. The summed E-state index contributed by atoms with van der Waals surface area (Å²) in [5.41, 5.74) is 2.62. The molecule has 0 bridgehead atoms. The van der Waals surface area contributed by atoms with Gasteiger partial charge in [0.25, 0.3) is 5.91 Å². The van der Waals surface area contributed by atoms with E-state index in [0.717, 1.165) is 29.2 Å². The molecule has 8 nitrogen and oxygen atoms in total. The summed E-state index contributed by atoms with van der Waals surface area (Å²) in [5.74, 6) is -4.18. The van der Waals surface area contributed by atoms with E-state index in [4.69, 9.17) is 10.2 Å². The van der Waals surface area contributed by atoms with E-state index in [9.17, 15) is 33.0 Å². The fraction of sp³-hybridized carbons (Fsp3) is 0.0500. The highest BCUT2D eigenvalue weighted by atomic mass is 19.4. The largest absolute Gasteiger partial charge is 0.504 e. The maximum Gasteiger partial charge on any atom is 0.450 e. The van der Waals surface area contributed by atoms with E-state index in [-0.39, 0.29) is 22.2 Å². The van der Waals surface area contributed by atoms with Crippen LogP contribution < -0.4 is 11.2 Å². The molecule has 11 heteroatoms. The van der Waals surface area contributed by atoms with E-state index in [1.165, 1.54) is 12.1 Å². The van der Waals surface area contributed by atoms with Crippen molar-refractivity contribution in [3.63, 3.8) is 0 Å². The lowest BCUT2D eigenvalue weighted by molar-refractivity contribution is -0.152. The van der Waals surface area contributed by atoms with Crippen LogP contribution in [0.2, 0.25) is 0 Å². The predicted molar refractivity (Wildman–Crippen MR) is 102 cm³/mol. The second-order valence-electron chi connectivity index (χ2n) is 6.50. The molecule has 0 spiro atoms. The lowest BCUT2D eigenvalue weighted by atomic mass is 10.0. The second-order valence-corrected chi connectivity index (χ2v) is 6.50. The Balaban J connectivity index is 2.00. The monoisotopic (exact) mass is 431 g/mol. The maximum atomic E-state index is 13.7. The molecule has 2 aromatic carbocycles. The highest BCUT2D eigenvalue weighted by molar-refractivity contribution is 5.96. The number of hydrogen-bond acceptors (Lipinski definition) is 6. The smallest absolute Gasteiger partial charge is 0.450 e. The number of primary amides is 1. The minimum atomic E-state index is -5.10. The summed E-state index contributed by atoms with van der Waals surface area (Å²) in [6.07, 6.45) is -2.98. The molecule has 0 saturated heterocycles. The van der Waals surface area contributed by atoms with Crippen LogP contribution in [-0.2, 0) is 6.18 Å². The van der Waals surface area contributed by atoms with Gasteiger partial charge in [-0.2, -0.15) is 18.3 Å². The quantitative estimate of drug-likeness (QED) is 0.427. The zero-order chi connectivity index (χ0) is 22.5. The second kappa shape index (κ2) is 6.90. The molecule has 2 aromatic heterocycles. The summed E-state index contributed by atoms with van der Waals surface area (Å²) in [7, 11) is 0. The molecule has 0 saturated carbocycles. The van der Waals surface area contributed by atoms with Gasteiger partial charge in [-0.1, -0.05) is 12.1 Å². The number of alkyl halides is 3. The highest BCUT2D eigenvalue weighted by Crippen LogP contribution is 2.40. The lowest BCUT2D eigenvalue weighted by Crippen LogP contribution is -2.16. The molecule has 4 N–H and O–H groups in total. The first kappa shape index (κ1) is 20.0. The van der Waals surface area contributed by atoms with Crippen LogP contribution in [0.5, 0.6) is 11.5 Å². The predicted octanol–water partition coefficient (Wildman–Crippen LogP) is 3.17. The molecule has 0 atom stereocenters. The van der Waals surface area contributed by atoms with Crippen LogP contribution in [0.25, 0.3) is 27.8 Å². The zero-order valence-corrected chi connectivity index (χ0v) is 15.3. The first-order chi connectivity index (χ1) is 14.6. The molecule has 0 unspecified atom stereocenters. The van der Waals surface area contributed by atoms with Crippen molar-refractivity contribution in [3.8, 4) is 28.3 Å². The van der Waals surface area contributed by atoms with E-state index in [0.29, 0.717) is 0 Å². The number of nitrogens with zero attached hydrogens (tertiary/aromatic N) is 2. The number of hydrogen-bond donors (Lipinski definition) is 3. The number of phenolic OH excluding ortho intramolecular Hbond substituents is 2. The van der Waals surface area contributed by atoms with Crippen molar-refractivity contribution in [2.45, 2.75) is 6.18 Å². The van der Waals surface area contributed by atoms with Crippen LogP contribution >= 0.6 is 0 Å². The summed E-state index contributed by atoms with van der Waals surface area (Å²) in [6.45, 7) is 0. The van der Waals surface area contributed by atoms with Crippen molar-refractivity contribution in [1.29, 1.82) is 0 Å². The van der Waals surface area contributed by atoms with Crippen molar-refractivity contribution in [2.75, 3.05) is 0 Å². The molecule has 158 valence electrons. The first-order valence-corrected chi connectivity index (χ1v) is 8.62. The SMILES string of the molecule is NC(=O)c1ccccc1-n1cc(-c2c(C(F)(F)F)oc3c(O)c(O)ccc3c2=O)cn1. The number of nitrogens with two attached hydrogens (primary N) is 1. The van der Waals surface area contributed by atoms with Gasteiger partial charge in [0, 0.05) is 11.8 Å². The highest BCUT2D eigenvalue weighted by Gasteiger charge is 2.40. The minimum absolute atomic E-state index is 0.0686. The topological polar surface area (TPSA) is 132 Å². The Kier molecular flexibility index (Phi) is 4.46. The number of carbonyl (C=O) groups is 1. The average molecular weight is 431 g/mol. The molecule has 0 radical (unpaired) electrons. The summed E-state index contributed by atoms with van der Waals surface area (Å²) in [6, 6.07) is 8.01. The van der Waals surface area contributed by atoms with Crippen molar-refractivity contribution < 1.29 is 32.6 Å². The molecule has 0 aliphatic carbocycles. The summed E-state index contributed by atoms with van der Waals surface area (Å²) >= 11 is 0. The van der Waals surface area contributed by atoms with Gasteiger partial charge in [-0.25, -0.2) is 4.68 Å². The van der Waals surface area contributed by atoms with Gasteiger partial charge in [0.15, 0.2) is 11.3 Å². The fourth-order valence-corrected chi connectivity index (χ4v) is 3.16. The third-order valence-corrected chi connectivity index (χ3v) is 4.56. The van der Waals surface area contributed by atoms with Gasteiger partial charge in [-0.3, -0.25) is 9.59 Å². The van der Waals surface area contributed by atoms with Crippen LogP contribution in [0.15, 0.2) is 58.0 Å². The van der Waals surface area contributed by atoms with Gasteiger partial charge in [0.2, 0.25) is 16.9 Å². The van der Waals surface area contributed by atoms with Crippen molar-refractivity contribution in [3.05, 3.63) is 70.3 Å². The first-order valence-electron chi connectivity index (χ1n) is 8.62. The number of carbonyl (C=O) groups excluding carboxylic acids is 1. The molecule has 4 aromatic rings. The molecule has 0 aliphatic heterocycles. The average Bonchev–Trinajstić information content (AvgIpc) is 3.19. The van der Waals surface area contributed by atoms with Gasteiger partial charge < -0.3 is 20.4 Å². The Hall–Kier alpha value is -4.28. The molecule has 2 heterocycles. The van der Waals surface area contributed by atoms with E-state index in [1.807, 2.05) is 0 Å². The number of halogens is 3. The van der Waals surface area contributed by atoms with E-state index < -0.39 is 45.9 Å². The molecule has 4 rings (SSSR count). The Morgan fingerprint density at radius 1 is 1.13 bits per heavy atom. The third kappa shape index (κ3) is 3.25. The van der Waals surface area contributed by atoms with E-state index in [1.54, 1.807) is 12.1 Å². The van der Waals surface area contributed by atoms with Gasteiger partial charge in [-0.05, 0) is 24.3 Å². The molecule has 0 aliphatic rings. The van der Waals surface area contributed by atoms with Gasteiger partial charge in [-0.15, -0.1) is 0 Å². The molecule has 0 fully saturated rings. The van der Waals surface area contributed by atoms with Crippen LogP contribution in [0.1, 0.15) is 16.1 Å². The number of phenols is 2. The number of aromatic nitrogens is 2. The molecule has 1 amide bonds. The fourth-order valence-electron chi connectivity index (χ4n) is 3.16. The van der Waals surface area contributed by atoms with Crippen LogP contribution in [0.3, 0.4) is 0 Å². The van der Waals surface area contributed by atoms with E-state index in [2.05, 4.69) is 5.10 Å². The number of para-hydroxylation sites is 1. The number of fused-ring (bicyclic) bond motifs is 1. The van der Waals surface area contributed by atoms with Crippen molar-refractivity contribution >= 4 is 16.9 Å². The Morgan fingerprint density at radius 2 is 1.84 bits per heavy atom. The van der Waals surface area contributed by atoms with Gasteiger partial charge in [0.1, 0.15) is 0 Å². The Labute approximate surface area is 170 Å². The van der Waals surface area contributed by atoms with E-state index >= 15 is 0 Å². The number of amides is 1. The number of aromatic hydroxyl groups is 2. The van der Waals surface area contributed by atoms with Gasteiger partial charge >= 0.3 is 6.18 Å². The molecular formula is C20H12F3N3O5. The van der Waals surface area contributed by atoms with Crippen molar-refractivity contribution in [2.24, 2.45) is 5.73 Å². The number of rotatable bonds is 3. The van der Waals surface area contributed by atoms with Crippen LogP contribution in [0, 0.1) is 0 Å². The lowest BCUT2D eigenvalue weighted by Gasteiger charge is -2.12. The number of benzene rings is 2. The Morgan fingerprint density at radius 3 is 2.52 bits per heavy atom. The maximum absolute atomic E-state index is 13.7. The zero-order valence-electron chi connectivity index (χ0n) is 15.3. The summed E-state index contributed by atoms with van der Waals surface area (Å²) in [5, 5.41) is 23.0. The molecule has 31 heavy (non-hydrogen) atoms. The standard InChI is InChI=1S/C20H12F3N3O5/c21-20(22,23)18-14(15(28)11-5-6-13(27)16(29)17(11)31-18)9-7-25-26(8-9)12-4-2-1-3-10(12)19(24)30/h1-8,27,29H,(H2,24,30). The third-order valence-electron chi connectivity index (χ3n) is 4.56. The normalized spacial score (nSPS) is 11.7. The van der Waals surface area contributed by atoms with Crippen LogP contribution in [0.4, 0.5) is 13.2 Å². The minimum Gasteiger partial charge on any atom is -0.504 e. The summed E-state index contributed by atoms with van der Waals surface area (Å²) in [4.78, 5) is 24.6. The van der Waals surface area contributed by atoms with Gasteiger partial charge in [0.05, 0.1) is 28.4 Å². The Bertz CT molecular complexity index is 1410. The molecular weight excluding hydrogens is 419 g/mol. The van der Waals surface area contributed by atoms with Crippen molar-refractivity contribution in [1.82, 2.24) is 9.78 Å². The van der Waals surface area contributed by atoms with Crippen LogP contribution in [-0.4, -0.2) is 25.9 Å².